The number of amides is 1. The lowest BCUT2D eigenvalue weighted by Gasteiger charge is -2.22. The molecule has 0 aromatic carbocycles. The maximum absolute atomic E-state index is 12.5. The molecule has 4 rings (SSSR count). The molecule has 2 aliphatic heterocycles. The van der Waals surface area contributed by atoms with Gasteiger partial charge in [0.05, 0.1) is 5.52 Å². The molecule has 0 aliphatic carbocycles. The Kier molecular flexibility index (Phi) is 3.46. The quantitative estimate of drug-likeness (QED) is 0.787. The molecule has 0 saturated carbocycles. The number of ether oxygens (including phenoxy) is 1. The summed E-state index contributed by atoms with van der Waals surface area (Å²) in [5, 5.41) is 1.90. The van der Waals surface area contributed by atoms with Crippen molar-refractivity contribution in [3.63, 3.8) is 0 Å². The van der Waals surface area contributed by atoms with E-state index in [-0.39, 0.29) is 17.6 Å². The van der Waals surface area contributed by atoms with Crippen LogP contribution in [0.3, 0.4) is 0 Å². The predicted molar refractivity (Wildman–Crippen MR) is 83.1 cm³/mol. The maximum Gasteiger partial charge on any atom is 0.271 e. The van der Waals surface area contributed by atoms with Gasteiger partial charge in [-0.25, -0.2) is 4.98 Å². The van der Waals surface area contributed by atoms with Gasteiger partial charge in [-0.3, -0.25) is 14.2 Å². The van der Waals surface area contributed by atoms with Crippen LogP contribution in [0.25, 0.3) is 10.2 Å². The minimum atomic E-state index is -0.297. The highest BCUT2D eigenvalue weighted by Gasteiger charge is 2.29. The van der Waals surface area contributed by atoms with Crippen molar-refractivity contribution in [1.29, 1.82) is 0 Å². The Morgan fingerprint density at radius 3 is 3.09 bits per heavy atom. The number of hydrogen-bond donors (Lipinski definition) is 0. The number of nitrogens with zero attached hydrogens (tertiary/aromatic N) is 3. The minimum absolute atomic E-state index is 0.0152. The number of hydrogen-bond acceptors (Lipinski definition) is 5. The van der Waals surface area contributed by atoms with Crippen molar-refractivity contribution in [3.05, 3.63) is 27.6 Å². The number of carbonyl (C=O) groups excluding carboxylic acids is 1. The molecule has 7 heteroatoms. The lowest BCUT2D eigenvalue weighted by molar-refractivity contribution is -0.140. The van der Waals surface area contributed by atoms with E-state index in [1.807, 2.05) is 16.3 Å². The Bertz CT molecular complexity index is 776. The normalized spacial score (nSPS) is 21.8. The van der Waals surface area contributed by atoms with Crippen LogP contribution in [0, 0.1) is 0 Å². The van der Waals surface area contributed by atoms with Gasteiger partial charge in [-0.15, -0.1) is 11.3 Å². The number of carbonyl (C=O) groups is 1. The molecule has 0 N–H and O–H groups in total. The summed E-state index contributed by atoms with van der Waals surface area (Å²) in [7, 11) is 0. The highest BCUT2D eigenvalue weighted by Crippen LogP contribution is 2.19. The maximum atomic E-state index is 12.5. The van der Waals surface area contributed by atoms with E-state index in [0.29, 0.717) is 37.4 Å². The first-order chi connectivity index (χ1) is 10.7. The van der Waals surface area contributed by atoms with Gasteiger partial charge in [0.25, 0.3) is 11.5 Å². The van der Waals surface area contributed by atoms with Crippen LogP contribution >= 0.6 is 11.3 Å². The molecule has 2 aromatic heterocycles. The first-order valence-corrected chi connectivity index (χ1v) is 8.49. The van der Waals surface area contributed by atoms with Gasteiger partial charge in [-0.05, 0) is 24.3 Å². The Morgan fingerprint density at radius 2 is 2.27 bits per heavy atom. The zero-order chi connectivity index (χ0) is 15.1. The van der Waals surface area contributed by atoms with Crippen molar-refractivity contribution < 1.29 is 9.53 Å². The second-order valence-corrected chi connectivity index (χ2v) is 6.61. The van der Waals surface area contributed by atoms with Crippen molar-refractivity contribution in [2.75, 3.05) is 19.7 Å². The molecule has 1 fully saturated rings. The molecule has 0 spiro atoms. The van der Waals surface area contributed by atoms with E-state index in [9.17, 15) is 9.59 Å². The third kappa shape index (κ3) is 2.24. The fourth-order valence-electron chi connectivity index (χ4n) is 3.18. The molecule has 116 valence electrons. The zero-order valence-corrected chi connectivity index (χ0v) is 13.0. The highest BCUT2D eigenvalue weighted by atomic mass is 32.1. The number of fused-ring (bicyclic) bond motifs is 2. The van der Waals surface area contributed by atoms with Gasteiger partial charge in [-0.2, -0.15) is 0 Å². The number of aromatic nitrogens is 2. The van der Waals surface area contributed by atoms with Crippen LogP contribution < -0.4 is 5.56 Å². The third-order valence-electron chi connectivity index (χ3n) is 4.36. The summed E-state index contributed by atoms with van der Waals surface area (Å²) >= 11 is 1.42. The van der Waals surface area contributed by atoms with Crippen LogP contribution in [0.4, 0.5) is 0 Å². The SMILES string of the molecule is O=C(C1CCCO1)N1CCc2nc3ccsc3c(=O)n2CC1. The summed E-state index contributed by atoms with van der Waals surface area (Å²) in [6, 6.07) is 1.88. The predicted octanol–water partition coefficient (Wildman–Crippen LogP) is 1.02. The summed E-state index contributed by atoms with van der Waals surface area (Å²) < 4.78 is 7.91. The summed E-state index contributed by atoms with van der Waals surface area (Å²) in [4.78, 5) is 31.4. The van der Waals surface area contributed by atoms with Gasteiger partial charge in [0.15, 0.2) is 0 Å². The fourth-order valence-corrected chi connectivity index (χ4v) is 3.95. The molecule has 2 aliphatic rings. The van der Waals surface area contributed by atoms with E-state index in [1.54, 1.807) is 4.57 Å². The molecular formula is C15H17N3O3S. The Labute approximate surface area is 131 Å². The second-order valence-electron chi connectivity index (χ2n) is 5.70. The van der Waals surface area contributed by atoms with Gasteiger partial charge >= 0.3 is 0 Å². The van der Waals surface area contributed by atoms with Gasteiger partial charge in [0.1, 0.15) is 16.6 Å². The largest absolute Gasteiger partial charge is 0.368 e. The number of rotatable bonds is 1. The fraction of sp³-hybridized carbons (Fsp3) is 0.533. The highest BCUT2D eigenvalue weighted by molar-refractivity contribution is 7.17. The van der Waals surface area contributed by atoms with E-state index in [1.165, 1.54) is 11.3 Å². The summed E-state index contributed by atoms with van der Waals surface area (Å²) in [5.74, 6) is 0.832. The molecular weight excluding hydrogens is 302 g/mol. The second kappa shape index (κ2) is 5.48. The lowest BCUT2D eigenvalue weighted by atomic mass is 10.2. The van der Waals surface area contributed by atoms with Crippen molar-refractivity contribution in [2.24, 2.45) is 0 Å². The Hall–Kier alpha value is -1.73. The average molecular weight is 319 g/mol. The van der Waals surface area contributed by atoms with Crippen molar-refractivity contribution in [1.82, 2.24) is 14.5 Å². The van der Waals surface area contributed by atoms with E-state index in [0.717, 1.165) is 24.2 Å². The molecule has 6 nitrogen and oxygen atoms in total. The summed E-state index contributed by atoms with van der Waals surface area (Å²) in [6.07, 6.45) is 2.06. The molecule has 1 amide bonds. The first-order valence-electron chi connectivity index (χ1n) is 7.61. The molecule has 0 bridgehead atoms. The van der Waals surface area contributed by atoms with Crippen molar-refractivity contribution in [2.45, 2.75) is 31.9 Å². The lowest BCUT2D eigenvalue weighted by Crippen LogP contribution is -2.40. The Balaban J connectivity index is 1.61. The molecule has 1 atom stereocenters. The van der Waals surface area contributed by atoms with Gasteiger partial charge in [-0.1, -0.05) is 0 Å². The minimum Gasteiger partial charge on any atom is -0.368 e. The third-order valence-corrected chi connectivity index (χ3v) is 5.25. The van der Waals surface area contributed by atoms with E-state index >= 15 is 0 Å². The summed E-state index contributed by atoms with van der Waals surface area (Å²) in [6.45, 7) is 2.32. The van der Waals surface area contributed by atoms with Gasteiger partial charge < -0.3 is 9.64 Å². The van der Waals surface area contributed by atoms with Crippen LogP contribution in [0.2, 0.25) is 0 Å². The van der Waals surface area contributed by atoms with Crippen molar-refractivity contribution in [3.8, 4) is 0 Å². The standard InChI is InChI=1S/C15H17N3O3S/c19-14(11-2-1-8-21-11)17-5-3-12-16-10-4-9-22-13(10)15(20)18(12)7-6-17/h4,9,11H,1-3,5-8H2. The zero-order valence-electron chi connectivity index (χ0n) is 12.2. The topological polar surface area (TPSA) is 64.4 Å². The van der Waals surface area contributed by atoms with Crippen LogP contribution in [-0.2, 0) is 22.5 Å². The number of thiophene rings is 1. The molecule has 1 unspecified atom stereocenters. The monoisotopic (exact) mass is 319 g/mol. The van der Waals surface area contributed by atoms with Crippen LogP contribution in [0.1, 0.15) is 18.7 Å². The van der Waals surface area contributed by atoms with E-state index < -0.39 is 0 Å². The molecule has 2 aromatic rings. The summed E-state index contributed by atoms with van der Waals surface area (Å²) in [5.41, 5.74) is 0.779. The van der Waals surface area contributed by atoms with Crippen LogP contribution in [-0.4, -0.2) is 46.2 Å². The molecule has 22 heavy (non-hydrogen) atoms. The van der Waals surface area contributed by atoms with Gasteiger partial charge in [0.2, 0.25) is 0 Å². The Morgan fingerprint density at radius 1 is 1.36 bits per heavy atom. The first kappa shape index (κ1) is 13.9. The molecule has 4 heterocycles. The smallest absolute Gasteiger partial charge is 0.271 e. The van der Waals surface area contributed by atoms with Crippen molar-refractivity contribution >= 4 is 27.5 Å². The van der Waals surface area contributed by atoms with Crippen LogP contribution in [0.15, 0.2) is 16.2 Å². The van der Waals surface area contributed by atoms with E-state index in [4.69, 9.17) is 4.74 Å². The van der Waals surface area contributed by atoms with Crippen LogP contribution in [0.5, 0.6) is 0 Å². The molecule has 1 saturated heterocycles. The van der Waals surface area contributed by atoms with E-state index in [2.05, 4.69) is 4.98 Å². The van der Waals surface area contributed by atoms with Gasteiger partial charge in [0, 0.05) is 32.7 Å². The average Bonchev–Trinajstić information content (AvgIpc) is 3.15. The molecule has 0 radical (unpaired) electrons.